The van der Waals surface area contributed by atoms with Crippen molar-refractivity contribution in [3.63, 3.8) is 0 Å². The number of amides is 2. The summed E-state index contributed by atoms with van der Waals surface area (Å²) >= 11 is 0. The maximum absolute atomic E-state index is 12.4. The van der Waals surface area contributed by atoms with Gasteiger partial charge in [0, 0.05) is 32.6 Å². The van der Waals surface area contributed by atoms with Gasteiger partial charge in [-0.3, -0.25) is 14.4 Å². The second kappa shape index (κ2) is 22.0. The van der Waals surface area contributed by atoms with E-state index in [1.807, 2.05) is 0 Å². The lowest BCUT2D eigenvalue weighted by molar-refractivity contribution is -0.301. The number of carbonyl (C=O) groups excluding carboxylic acids is 3. The SMILES string of the molecule is CC(=O)C(CCCCNC(=O)CCCCCOC1OC(CO)C(O)C(O)C1O)NC(=O)CCCCOC1OC(CO)C(O)C(O)C1O. The summed E-state index contributed by atoms with van der Waals surface area (Å²) in [5.41, 5.74) is 0. The molecule has 0 aromatic rings. The Morgan fingerprint density at radius 2 is 1.13 bits per heavy atom. The van der Waals surface area contributed by atoms with Crippen LogP contribution in [0.3, 0.4) is 0 Å². The van der Waals surface area contributed by atoms with Crippen molar-refractivity contribution in [2.24, 2.45) is 0 Å². The molecular formula is C30H54N2O15. The normalized spacial score (nSPS) is 31.7. The van der Waals surface area contributed by atoms with Crippen molar-refractivity contribution >= 4 is 17.6 Å². The average molecular weight is 683 g/mol. The van der Waals surface area contributed by atoms with Crippen LogP contribution in [0.25, 0.3) is 0 Å². The first-order chi connectivity index (χ1) is 22.4. The Morgan fingerprint density at radius 3 is 1.64 bits per heavy atom. The van der Waals surface area contributed by atoms with E-state index >= 15 is 0 Å². The summed E-state index contributed by atoms with van der Waals surface area (Å²) in [6.45, 7) is 1.02. The number of rotatable bonds is 22. The van der Waals surface area contributed by atoms with Gasteiger partial charge >= 0.3 is 0 Å². The molecule has 47 heavy (non-hydrogen) atoms. The van der Waals surface area contributed by atoms with Crippen molar-refractivity contribution in [1.29, 1.82) is 0 Å². The third-order valence-electron chi connectivity index (χ3n) is 8.18. The van der Waals surface area contributed by atoms with E-state index in [2.05, 4.69) is 10.6 Å². The van der Waals surface area contributed by atoms with Crippen LogP contribution in [0.4, 0.5) is 0 Å². The standard InChI is InChI=1S/C30H54N2O15/c1-17(35)18(32-22(37)11-5-8-14-45-30-28(43)26(41)24(39)20(16-34)47-30)9-4-6-12-31-21(36)10-3-2-7-13-44-29-27(42)25(40)23(38)19(15-33)46-29/h18-20,23-30,33-34,38-43H,2-16H2,1H3,(H,31,36)(H,32,37). The zero-order chi connectivity index (χ0) is 34.9. The summed E-state index contributed by atoms with van der Waals surface area (Å²) in [6, 6.07) is -0.645. The molecule has 2 aliphatic heterocycles. The zero-order valence-electron chi connectivity index (χ0n) is 26.9. The van der Waals surface area contributed by atoms with Crippen LogP contribution < -0.4 is 10.6 Å². The molecule has 0 aliphatic carbocycles. The number of nitrogens with one attached hydrogen (secondary N) is 2. The maximum atomic E-state index is 12.4. The lowest BCUT2D eigenvalue weighted by Crippen LogP contribution is -2.59. The molecule has 17 heteroatoms. The van der Waals surface area contributed by atoms with Gasteiger partial charge < -0.3 is 70.4 Å². The molecule has 2 heterocycles. The Labute approximate surface area is 274 Å². The predicted molar refractivity (Wildman–Crippen MR) is 161 cm³/mol. The monoisotopic (exact) mass is 682 g/mol. The Morgan fingerprint density at radius 1 is 0.638 bits per heavy atom. The molecule has 2 saturated heterocycles. The highest BCUT2D eigenvalue weighted by atomic mass is 16.7. The number of aliphatic hydroxyl groups is 8. The number of hydrogen-bond donors (Lipinski definition) is 10. The van der Waals surface area contributed by atoms with Crippen molar-refractivity contribution in [3.8, 4) is 0 Å². The third-order valence-corrected chi connectivity index (χ3v) is 8.18. The van der Waals surface area contributed by atoms with Crippen molar-refractivity contribution in [1.82, 2.24) is 10.6 Å². The summed E-state index contributed by atoms with van der Waals surface area (Å²) in [5, 5.41) is 83.1. The van der Waals surface area contributed by atoms with Crippen LogP contribution in [0, 0.1) is 0 Å². The molecule has 0 bridgehead atoms. The van der Waals surface area contributed by atoms with E-state index in [1.165, 1.54) is 6.92 Å². The van der Waals surface area contributed by atoms with Crippen LogP contribution in [-0.4, -0.2) is 159 Å². The fourth-order valence-electron chi connectivity index (χ4n) is 5.19. The molecule has 0 spiro atoms. The molecule has 10 N–H and O–H groups in total. The van der Waals surface area contributed by atoms with Gasteiger partial charge in [-0.25, -0.2) is 0 Å². The predicted octanol–water partition coefficient (Wildman–Crippen LogP) is -3.29. The van der Waals surface area contributed by atoms with E-state index in [0.717, 1.165) is 0 Å². The smallest absolute Gasteiger partial charge is 0.220 e. The van der Waals surface area contributed by atoms with E-state index in [1.54, 1.807) is 0 Å². The summed E-state index contributed by atoms with van der Waals surface area (Å²) in [4.78, 5) is 36.5. The molecule has 2 aliphatic rings. The van der Waals surface area contributed by atoms with Gasteiger partial charge in [0.05, 0.1) is 19.3 Å². The van der Waals surface area contributed by atoms with Crippen molar-refractivity contribution in [3.05, 3.63) is 0 Å². The Bertz CT molecular complexity index is 926. The minimum absolute atomic E-state index is 0.0950. The van der Waals surface area contributed by atoms with Crippen molar-refractivity contribution < 1.29 is 74.2 Å². The number of ether oxygens (including phenoxy) is 4. The highest BCUT2D eigenvalue weighted by Crippen LogP contribution is 2.23. The van der Waals surface area contributed by atoms with E-state index in [4.69, 9.17) is 18.9 Å². The first-order valence-corrected chi connectivity index (χ1v) is 16.3. The Balaban J connectivity index is 1.50. The maximum Gasteiger partial charge on any atom is 0.220 e. The minimum atomic E-state index is -1.53. The fraction of sp³-hybridized carbons (Fsp3) is 0.900. The van der Waals surface area contributed by atoms with E-state index in [0.29, 0.717) is 64.3 Å². The average Bonchev–Trinajstić information content (AvgIpc) is 3.05. The van der Waals surface area contributed by atoms with Gasteiger partial charge in [-0.15, -0.1) is 0 Å². The molecule has 0 aromatic carbocycles. The molecular weight excluding hydrogens is 628 g/mol. The molecule has 274 valence electrons. The van der Waals surface area contributed by atoms with E-state index in [-0.39, 0.29) is 37.2 Å². The van der Waals surface area contributed by atoms with Gasteiger partial charge in [0.2, 0.25) is 11.8 Å². The van der Waals surface area contributed by atoms with Gasteiger partial charge in [-0.1, -0.05) is 6.42 Å². The van der Waals surface area contributed by atoms with Crippen LogP contribution >= 0.6 is 0 Å². The number of unbranched alkanes of at least 4 members (excludes halogenated alkanes) is 4. The second-order valence-corrected chi connectivity index (χ2v) is 12.0. The molecule has 11 atom stereocenters. The second-order valence-electron chi connectivity index (χ2n) is 12.0. The van der Waals surface area contributed by atoms with Gasteiger partial charge in [-0.05, 0) is 51.9 Å². The van der Waals surface area contributed by atoms with Gasteiger partial charge in [0.25, 0.3) is 0 Å². The topological polar surface area (TPSA) is 274 Å². The molecule has 11 unspecified atom stereocenters. The van der Waals surface area contributed by atoms with Crippen LogP contribution in [-0.2, 0) is 33.3 Å². The summed E-state index contributed by atoms with van der Waals surface area (Å²) < 4.78 is 21.4. The summed E-state index contributed by atoms with van der Waals surface area (Å²) in [5.74, 6) is -0.597. The number of Topliss-reactive ketones (excluding diaryl/α,β-unsaturated/α-hetero) is 1. The highest BCUT2D eigenvalue weighted by molar-refractivity contribution is 5.87. The third kappa shape index (κ3) is 13.9. The summed E-state index contributed by atoms with van der Waals surface area (Å²) in [6.07, 6.45) is -8.63. The summed E-state index contributed by atoms with van der Waals surface area (Å²) in [7, 11) is 0. The molecule has 2 amide bonds. The molecule has 0 aromatic heterocycles. The molecule has 0 saturated carbocycles. The first kappa shape index (κ1) is 41.3. The first-order valence-electron chi connectivity index (χ1n) is 16.3. The molecule has 2 fully saturated rings. The van der Waals surface area contributed by atoms with E-state index < -0.39 is 80.7 Å². The lowest BCUT2D eigenvalue weighted by Gasteiger charge is -2.39. The van der Waals surface area contributed by atoms with Crippen LogP contribution in [0.1, 0.15) is 71.1 Å². The van der Waals surface area contributed by atoms with Crippen LogP contribution in [0.15, 0.2) is 0 Å². The minimum Gasteiger partial charge on any atom is -0.394 e. The van der Waals surface area contributed by atoms with Crippen molar-refractivity contribution in [2.45, 2.75) is 139 Å². The highest BCUT2D eigenvalue weighted by Gasteiger charge is 2.45. The quantitative estimate of drug-likeness (QED) is 0.0501. The van der Waals surface area contributed by atoms with Gasteiger partial charge in [0.15, 0.2) is 18.4 Å². The number of aliphatic hydroxyl groups excluding tert-OH is 8. The fourth-order valence-corrected chi connectivity index (χ4v) is 5.19. The van der Waals surface area contributed by atoms with E-state index in [9.17, 15) is 55.2 Å². The lowest BCUT2D eigenvalue weighted by atomic mass is 9.99. The van der Waals surface area contributed by atoms with Crippen molar-refractivity contribution in [2.75, 3.05) is 33.0 Å². The number of ketones is 1. The molecule has 0 radical (unpaired) electrons. The van der Waals surface area contributed by atoms with Crippen LogP contribution in [0.5, 0.6) is 0 Å². The largest absolute Gasteiger partial charge is 0.394 e. The zero-order valence-corrected chi connectivity index (χ0v) is 26.9. The van der Waals surface area contributed by atoms with Crippen LogP contribution in [0.2, 0.25) is 0 Å². The Kier molecular flexibility index (Phi) is 19.3. The molecule has 17 nitrogen and oxygen atoms in total. The number of carbonyl (C=O) groups is 3. The van der Waals surface area contributed by atoms with Gasteiger partial charge in [-0.2, -0.15) is 0 Å². The number of hydrogen-bond acceptors (Lipinski definition) is 15. The van der Waals surface area contributed by atoms with Gasteiger partial charge in [0.1, 0.15) is 48.8 Å². The molecule has 2 rings (SSSR count). The Hall–Kier alpha value is -1.87.